The van der Waals surface area contributed by atoms with Crippen LogP contribution in [0.1, 0.15) is 24.6 Å². The molecule has 0 radical (unpaired) electrons. The maximum atomic E-state index is 6.20. The van der Waals surface area contributed by atoms with Gasteiger partial charge in [0, 0.05) is 31.4 Å². The van der Waals surface area contributed by atoms with E-state index >= 15 is 0 Å². The normalized spacial score (nSPS) is 10.6. The summed E-state index contributed by atoms with van der Waals surface area (Å²) in [5.41, 5.74) is 2.03. The van der Waals surface area contributed by atoms with Gasteiger partial charge in [0.25, 0.3) is 0 Å². The first-order valence-electron chi connectivity index (χ1n) is 7.17. The number of hydrogen-bond acceptors (Lipinski definition) is 4. The molecule has 0 fully saturated rings. The number of aromatic nitrogens is 2. The number of rotatable bonds is 7. The molecule has 1 aromatic carbocycles. The molecule has 0 amide bonds. The van der Waals surface area contributed by atoms with E-state index in [0.29, 0.717) is 6.54 Å². The average Bonchev–Trinajstić information content (AvgIpc) is 2.50. The molecule has 1 heterocycles. The third kappa shape index (κ3) is 4.69. The summed E-state index contributed by atoms with van der Waals surface area (Å²) >= 11 is 6.20. The van der Waals surface area contributed by atoms with E-state index in [1.54, 1.807) is 12.4 Å². The lowest BCUT2D eigenvalue weighted by atomic mass is 10.2. The Kier molecular flexibility index (Phi) is 5.96. The smallest absolute Gasteiger partial charge is 0.147 e. The van der Waals surface area contributed by atoms with Gasteiger partial charge in [-0.05, 0) is 24.6 Å². The molecule has 1 N–H and O–H groups in total. The van der Waals surface area contributed by atoms with Crippen molar-refractivity contribution >= 4 is 17.4 Å². The zero-order valence-corrected chi connectivity index (χ0v) is 13.3. The standard InChI is InChI=1S/C16H21ClN4/c1-3-8-18-9-14-10-19-11-16(20-14)21(2)12-13-6-4-5-7-15(13)17/h4-7,10-11,18H,3,8-9,12H2,1-2H3. The van der Waals surface area contributed by atoms with E-state index in [1.165, 1.54) is 0 Å². The van der Waals surface area contributed by atoms with Crippen molar-refractivity contribution in [3.8, 4) is 0 Å². The summed E-state index contributed by atoms with van der Waals surface area (Å²) in [4.78, 5) is 11.0. The summed E-state index contributed by atoms with van der Waals surface area (Å²) in [6, 6.07) is 7.86. The van der Waals surface area contributed by atoms with E-state index in [4.69, 9.17) is 11.6 Å². The third-order valence-electron chi connectivity index (χ3n) is 3.16. The molecule has 0 atom stereocenters. The van der Waals surface area contributed by atoms with E-state index in [2.05, 4.69) is 27.1 Å². The lowest BCUT2D eigenvalue weighted by molar-refractivity contribution is 0.661. The Balaban J connectivity index is 2.03. The number of anilines is 1. The lowest BCUT2D eigenvalue weighted by Gasteiger charge is -2.19. The third-order valence-corrected chi connectivity index (χ3v) is 3.53. The monoisotopic (exact) mass is 304 g/mol. The number of hydrogen-bond donors (Lipinski definition) is 1. The molecule has 2 aromatic rings. The minimum atomic E-state index is 0.709. The second-order valence-corrected chi connectivity index (χ2v) is 5.40. The van der Waals surface area contributed by atoms with Gasteiger partial charge in [0.2, 0.25) is 0 Å². The fraction of sp³-hybridized carbons (Fsp3) is 0.375. The van der Waals surface area contributed by atoms with Crippen LogP contribution >= 0.6 is 11.6 Å². The first kappa shape index (κ1) is 15.7. The lowest BCUT2D eigenvalue weighted by Crippen LogP contribution is -2.20. The zero-order valence-electron chi connectivity index (χ0n) is 12.5. The molecule has 0 spiro atoms. The quantitative estimate of drug-likeness (QED) is 0.797. The van der Waals surface area contributed by atoms with Crippen LogP contribution in [-0.2, 0) is 13.1 Å². The highest BCUT2D eigenvalue weighted by molar-refractivity contribution is 6.31. The van der Waals surface area contributed by atoms with Crippen molar-refractivity contribution in [2.75, 3.05) is 18.5 Å². The van der Waals surface area contributed by atoms with Gasteiger partial charge >= 0.3 is 0 Å². The summed E-state index contributed by atoms with van der Waals surface area (Å²) in [7, 11) is 2.00. The molecule has 21 heavy (non-hydrogen) atoms. The molecule has 0 unspecified atom stereocenters. The van der Waals surface area contributed by atoms with Crippen molar-refractivity contribution in [2.24, 2.45) is 0 Å². The summed E-state index contributed by atoms with van der Waals surface area (Å²) in [6.07, 6.45) is 4.69. The fourth-order valence-corrected chi connectivity index (χ4v) is 2.22. The highest BCUT2D eigenvalue weighted by Gasteiger charge is 2.07. The van der Waals surface area contributed by atoms with Crippen molar-refractivity contribution in [3.63, 3.8) is 0 Å². The van der Waals surface area contributed by atoms with Gasteiger partial charge in [-0.2, -0.15) is 0 Å². The van der Waals surface area contributed by atoms with E-state index < -0.39 is 0 Å². The largest absolute Gasteiger partial charge is 0.354 e. The molecule has 0 aliphatic carbocycles. The molecule has 5 heteroatoms. The van der Waals surface area contributed by atoms with E-state index in [0.717, 1.165) is 41.6 Å². The Morgan fingerprint density at radius 1 is 1.24 bits per heavy atom. The summed E-state index contributed by atoms with van der Waals surface area (Å²) in [6.45, 7) is 4.59. The molecule has 0 bridgehead atoms. The molecule has 0 aliphatic rings. The van der Waals surface area contributed by atoms with Crippen LogP contribution in [0.5, 0.6) is 0 Å². The number of benzene rings is 1. The highest BCUT2D eigenvalue weighted by atomic mass is 35.5. The summed E-state index contributed by atoms with van der Waals surface area (Å²) in [5.74, 6) is 0.853. The van der Waals surface area contributed by atoms with E-state index in [9.17, 15) is 0 Å². The molecule has 112 valence electrons. The van der Waals surface area contributed by atoms with Gasteiger partial charge < -0.3 is 10.2 Å². The van der Waals surface area contributed by atoms with Crippen molar-refractivity contribution < 1.29 is 0 Å². The van der Waals surface area contributed by atoms with Crippen LogP contribution in [0.4, 0.5) is 5.82 Å². The van der Waals surface area contributed by atoms with Crippen LogP contribution in [0.3, 0.4) is 0 Å². The van der Waals surface area contributed by atoms with Gasteiger partial charge in [-0.25, -0.2) is 4.98 Å². The molecule has 1 aromatic heterocycles. The maximum Gasteiger partial charge on any atom is 0.147 e. The van der Waals surface area contributed by atoms with Gasteiger partial charge in [-0.1, -0.05) is 36.7 Å². The van der Waals surface area contributed by atoms with Gasteiger partial charge in [0.05, 0.1) is 11.9 Å². The Labute approximate surface area is 131 Å². The van der Waals surface area contributed by atoms with Crippen LogP contribution in [0.25, 0.3) is 0 Å². The minimum Gasteiger partial charge on any atom is -0.354 e. The van der Waals surface area contributed by atoms with Crippen LogP contribution in [0, 0.1) is 0 Å². The summed E-state index contributed by atoms with van der Waals surface area (Å²) < 4.78 is 0. The first-order valence-corrected chi connectivity index (χ1v) is 7.54. The van der Waals surface area contributed by atoms with Crippen molar-refractivity contribution in [2.45, 2.75) is 26.4 Å². The Hall–Kier alpha value is -1.65. The predicted molar refractivity (Wildman–Crippen MR) is 87.6 cm³/mol. The van der Waals surface area contributed by atoms with Crippen molar-refractivity contribution in [1.82, 2.24) is 15.3 Å². The molecule has 2 rings (SSSR count). The zero-order chi connectivity index (χ0) is 15.1. The van der Waals surface area contributed by atoms with Crippen LogP contribution in [0.15, 0.2) is 36.7 Å². The number of nitrogens with zero attached hydrogens (tertiary/aromatic N) is 3. The molecular weight excluding hydrogens is 284 g/mol. The Morgan fingerprint density at radius 2 is 2.05 bits per heavy atom. The molecule has 0 saturated carbocycles. The first-order chi connectivity index (χ1) is 10.2. The summed E-state index contributed by atoms with van der Waals surface area (Å²) in [5, 5.41) is 4.11. The van der Waals surface area contributed by atoms with Crippen LogP contribution < -0.4 is 10.2 Å². The van der Waals surface area contributed by atoms with Crippen LogP contribution in [-0.4, -0.2) is 23.6 Å². The highest BCUT2D eigenvalue weighted by Crippen LogP contribution is 2.19. The fourth-order valence-electron chi connectivity index (χ4n) is 2.02. The van der Waals surface area contributed by atoms with Gasteiger partial charge in [-0.15, -0.1) is 0 Å². The number of halogens is 1. The average molecular weight is 305 g/mol. The van der Waals surface area contributed by atoms with E-state index in [-0.39, 0.29) is 0 Å². The maximum absolute atomic E-state index is 6.20. The minimum absolute atomic E-state index is 0.709. The topological polar surface area (TPSA) is 41.1 Å². The predicted octanol–water partition coefficient (Wildman–Crippen LogP) is 3.27. The second kappa shape index (κ2) is 7.96. The van der Waals surface area contributed by atoms with E-state index in [1.807, 2.05) is 31.3 Å². The number of nitrogens with one attached hydrogen (secondary N) is 1. The SMILES string of the molecule is CCCNCc1cncc(N(C)Cc2ccccc2Cl)n1. The second-order valence-electron chi connectivity index (χ2n) is 4.99. The van der Waals surface area contributed by atoms with Gasteiger partial charge in [-0.3, -0.25) is 4.98 Å². The van der Waals surface area contributed by atoms with Gasteiger partial charge in [0.15, 0.2) is 0 Å². The molecule has 0 aliphatic heterocycles. The Bertz CT molecular complexity index is 574. The van der Waals surface area contributed by atoms with Crippen LogP contribution in [0.2, 0.25) is 5.02 Å². The van der Waals surface area contributed by atoms with Crippen molar-refractivity contribution in [1.29, 1.82) is 0 Å². The molecule has 4 nitrogen and oxygen atoms in total. The van der Waals surface area contributed by atoms with Gasteiger partial charge in [0.1, 0.15) is 5.82 Å². The Morgan fingerprint density at radius 3 is 2.81 bits per heavy atom. The molecular formula is C16H21ClN4. The van der Waals surface area contributed by atoms with Crippen molar-refractivity contribution in [3.05, 3.63) is 52.9 Å². The molecule has 0 saturated heterocycles.